The molecule has 1 N–H and O–H groups in total. The average molecular weight is 529 g/mol. The molecule has 4 aromatic rings. The second-order valence-electron chi connectivity index (χ2n) is 7.54. The van der Waals surface area contributed by atoms with E-state index in [2.05, 4.69) is 15.5 Å². The van der Waals surface area contributed by atoms with Crippen molar-refractivity contribution in [3.63, 3.8) is 0 Å². The fourth-order valence-electron chi connectivity index (χ4n) is 3.25. The number of nitrogens with one attached hydrogen (secondary N) is 1. The molecule has 3 aromatic carbocycles. The van der Waals surface area contributed by atoms with E-state index in [4.69, 9.17) is 16.3 Å². The van der Waals surface area contributed by atoms with E-state index < -0.39 is 10.0 Å². The van der Waals surface area contributed by atoms with E-state index in [9.17, 15) is 13.2 Å². The van der Waals surface area contributed by atoms with Gasteiger partial charge in [0.2, 0.25) is 15.2 Å². The van der Waals surface area contributed by atoms with Crippen LogP contribution in [0.3, 0.4) is 0 Å². The summed E-state index contributed by atoms with van der Waals surface area (Å²) in [5.74, 6) is 0.395. The molecule has 0 radical (unpaired) electrons. The topological polar surface area (TPSA) is 101 Å². The third-order valence-corrected chi connectivity index (χ3v) is 7.28. The summed E-state index contributed by atoms with van der Waals surface area (Å²) in [6, 6.07) is 20.7. The summed E-state index contributed by atoms with van der Waals surface area (Å²) in [5, 5.41) is 12.4. The van der Waals surface area contributed by atoms with Crippen LogP contribution >= 0.6 is 22.9 Å². The van der Waals surface area contributed by atoms with Crippen LogP contribution in [0.4, 0.5) is 10.8 Å². The number of methoxy groups -OCH3 is 1. The summed E-state index contributed by atoms with van der Waals surface area (Å²) in [5.41, 5.74) is 2.45. The lowest BCUT2D eigenvalue weighted by Gasteiger charge is -2.22. The number of amides is 1. The molecule has 1 aromatic heterocycles. The Morgan fingerprint density at radius 3 is 2.40 bits per heavy atom. The van der Waals surface area contributed by atoms with Gasteiger partial charge in [0, 0.05) is 16.1 Å². The molecular formula is C24H21ClN4O4S2. The molecule has 0 spiro atoms. The largest absolute Gasteiger partial charge is 0.497 e. The van der Waals surface area contributed by atoms with E-state index in [0.717, 1.165) is 17.6 Å². The summed E-state index contributed by atoms with van der Waals surface area (Å²) < 4.78 is 31.1. The zero-order valence-electron chi connectivity index (χ0n) is 18.8. The SMILES string of the molecule is COc1ccc(-c2nnc(NC(=O)c3ccc(CN(c4cccc(Cl)c4)S(C)(=O)=O)cc3)s2)cc1. The van der Waals surface area contributed by atoms with Crippen LogP contribution in [0, 0.1) is 0 Å². The number of ether oxygens (including phenoxy) is 1. The monoisotopic (exact) mass is 528 g/mol. The van der Waals surface area contributed by atoms with Gasteiger partial charge in [-0.25, -0.2) is 8.42 Å². The summed E-state index contributed by atoms with van der Waals surface area (Å²) in [4.78, 5) is 12.7. The van der Waals surface area contributed by atoms with E-state index >= 15 is 0 Å². The molecule has 0 fully saturated rings. The number of rotatable bonds is 8. The minimum absolute atomic E-state index is 0.0999. The molecule has 1 amide bonds. The molecule has 8 nitrogen and oxygen atoms in total. The fourth-order valence-corrected chi connectivity index (χ4v) is 5.06. The summed E-state index contributed by atoms with van der Waals surface area (Å²) in [6.45, 7) is 0.0999. The van der Waals surface area contributed by atoms with Crippen LogP contribution in [0.5, 0.6) is 5.75 Å². The van der Waals surface area contributed by atoms with Crippen molar-refractivity contribution in [3.05, 3.63) is 88.9 Å². The van der Waals surface area contributed by atoms with Crippen molar-refractivity contribution in [1.82, 2.24) is 10.2 Å². The second-order valence-corrected chi connectivity index (χ2v) is 10.9. The Balaban J connectivity index is 1.44. The number of carbonyl (C=O) groups excluding carboxylic acids is 1. The summed E-state index contributed by atoms with van der Waals surface area (Å²) >= 11 is 7.29. The normalized spacial score (nSPS) is 11.2. The van der Waals surface area contributed by atoms with Crippen LogP contribution in [0.15, 0.2) is 72.8 Å². The second kappa shape index (κ2) is 10.4. The Labute approximate surface area is 212 Å². The summed E-state index contributed by atoms with van der Waals surface area (Å²) in [7, 11) is -1.95. The molecule has 1 heterocycles. The van der Waals surface area contributed by atoms with E-state index in [0.29, 0.717) is 32.0 Å². The number of aromatic nitrogens is 2. The van der Waals surface area contributed by atoms with Gasteiger partial charge in [0.25, 0.3) is 5.91 Å². The maximum Gasteiger partial charge on any atom is 0.257 e. The van der Waals surface area contributed by atoms with Crippen LogP contribution in [0.2, 0.25) is 5.02 Å². The maximum atomic E-state index is 12.7. The predicted molar refractivity (Wildman–Crippen MR) is 139 cm³/mol. The predicted octanol–water partition coefficient (Wildman–Crippen LogP) is 5.09. The van der Waals surface area contributed by atoms with Crippen LogP contribution in [0.25, 0.3) is 10.6 Å². The van der Waals surface area contributed by atoms with Gasteiger partial charge in [0.1, 0.15) is 10.8 Å². The molecule has 0 aliphatic rings. The first-order valence-corrected chi connectivity index (χ1v) is 13.4. The highest BCUT2D eigenvalue weighted by atomic mass is 35.5. The van der Waals surface area contributed by atoms with Gasteiger partial charge in [-0.15, -0.1) is 10.2 Å². The van der Waals surface area contributed by atoms with Crippen molar-refractivity contribution >= 4 is 49.7 Å². The number of halogens is 1. The highest BCUT2D eigenvalue weighted by Crippen LogP contribution is 2.28. The molecule has 0 unspecified atom stereocenters. The molecule has 0 aliphatic heterocycles. The number of hydrogen-bond donors (Lipinski definition) is 1. The van der Waals surface area contributed by atoms with E-state index in [-0.39, 0.29) is 12.5 Å². The Morgan fingerprint density at radius 1 is 1.06 bits per heavy atom. The van der Waals surface area contributed by atoms with Crippen LogP contribution in [-0.2, 0) is 16.6 Å². The lowest BCUT2D eigenvalue weighted by Crippen LogP contribution is -2.29. The number of sulfonamides is 1. The van der Waals surface area contributed by atoms with Crippen molar-refractivity contribution in [2.75, 3.05) is 23.0 Å². The first-order chi connectivity index (χ1) is 16.7. The zero-order valence-corrected chi connectivity index (χ0v) is 21.2. The quantitative estimate of drug-likeness (QED) is 0.342. The van der Waals surface area contributed by atoms with Crippen LogP contribution < -0.4 is 14.4 Å². The van der Waals surface area contributed by atoms with Gasteiger partial charge in [-0.1, -0.05) is 41.1 Å². The Bertz CT molecular complexity index is 1440. The Kier molecular flexibility index (Phi) is 7.34. The van der Waals surface area contributed by atoms with Gasteiger partial charge in [0.15, 0.2) is 0 Å². The van der Waals surface area contributed by atoms with Crippen molar-refractivity contribution in [2.24, 2.45) is 0 Å². The minimum atomic E-state index is -3.55. The molecule has 0 saturated carbocycles. The smallest absolute Gasteiger partial charge is 0.257 e. The zero-order chi connectivity index (χ0) is 25.0. The fraction of sp³-hybridized carbons (Fsp3) is 0.125. The first-order valence-electron chi connectivity index (χ1n) is 10.3. The highest BCUT2D eigenvalue weighted by molar-refractivity contribution is 7.92. The van der Waals surface area contributed by atoms with Gasteiger partial charge < -0.3 is 4.74 Å². The van der Waals surface area contributed by atoms with Crippen molar-refractivity contribution < 1.29 is 17.9 Å². The van der Waals surface area contributed by atoms with E-state index in [1.807, 2.05) is 24.3 Å². The first kappa shape index (κ1) is 24.6. The van der Waals surface area contributed by atoms with Gasteiger partial charge in [-0.3, -0.25) is 14.4 Å². The third-order valence-electron chi connectivity index (χ3n) is 5.02. The number of carbonyl (C=O) groups is 1. The molecule has 0 bridgehead atoms. The van der Waals surface area contributed by atoms with Gasteiger partial charge in [0.05, 0.1) is 25.6 Å². The molecule has 35 heavy (non-hydrogen) atoms. The number of nitrogens with zero attached hydrogens (tertiary/aromatic N) is 3. The van der Waals surface area contributed by atoms with Gasteiger partial charge >= 0.3 is 0 Å². The van der Waals surface area contributed by atoms with Crippen LogP contribution in [0.1, 0.15) is 15.9 Å². The number of hydrogen-bond acceptors (Lipinski definition) is 7. The molecule has 11 heteroatoms. The van der Waals surface area contributed by atoms with Gasteiger partial charge in [-0.05, 0) is 60.2 Å². The number of benzene rings is 3. The Morgan fingerprint density at radius 2 is 1.77 bits per heavy atom. The molecule has 180 valence electrons. The average Bonchev–Trinajstić information content (AvgIpc) is 3.30. The lowest BCUT2D eigenvalue weighted by atomic mass is 10.1. The molecular weight excluding hydrogens is 508 g/mol. The molecule has 0 atom stereocenters. The Hall–Kier alpha value is -3.47. The van der Waals surface area contributed by atoms with Crippen molar-refractivity contribution in [3.8, 4) is 16.3 Å². The van der Waals surface area contributed by atoms with Crippen molar-refractivity contribution in [2.45, 2.75) is 6.54 Å². The standard InChI is InChI=1S/C24H21ClN4O4S2/c1-33-21-12-10-18(11-13-21)23-27-28-24(34-23)26-22(30)17-8-6-16(7-9-17)15-29(35(2,31)32)20-5-3-4-19(25)14-20/h3-14H,15H2,1-2H3,(H,26,28,30). The van der Waals surface area contributed by atoms with Crippen molar-refractivity contribution in [1.29, 1.82) is 0 Å². The highest BCUT2D eigenvalue weighted by Gasteiger charge is 2.19. The minimum Gasteiger partial charge on any atom is -0.497 e. The van der Waals surface area contributed by atoms with E-state index in [1.54, 1.807) is 55.6 Å². The molecule has 4 rings (SSSR count). The maximum absolute atomic E-state index is 12.7. The van der Waals surface area contributed by atoms with Crippen LogP contribution in [-0.4, -0.2) is 37.9 Å². The van der Waals surface area contributed by atoms with E-state index in [1.165, 1.54) is 15.6 Å². The summed E-state index contributed by atoms with van der Waals surface area (Å²) in [6.07, 6.45) is 1.14. The third kappa shape index (κ3) is 6.16. The number of anilines is 2. The molecule has 0 saturated heterocycles. The van der Waals surface area contributed by atoms with Gasteiger partial charge in [-0.2, -0.15) is 0 Å². The molecule has 0 aliphatic carbocycles. The lowest BCUT2D eigenvalue weighted by molar-refractivity contribution is 0.102.